The SMILES string of the molecule is Cc1cc(C(N)c2ccc(Br)cc2)cc([N+](=O)[O-])c1C. The molecule has 2 rings (SSSR count). The molecule has 5 heteroatoms. The van der Waals surface area contributed by atoms with Gasteiger partial charge in [0.05, 0.1) is 11.0 Å². The van der Waals surface area contributed by atoms with Crippen molar-refractivity contribution in [3.63, 3.8) is 0 Å². The molecule has 0 heterocycles. The van der Waals surface area contributed by atoms with Crippen molar-refractivity contribution in [2.24, 2.45) is 5.73 Å². The molecule has 0 saturated carbocycles. The first-order chi connectivity index (χ1) is 9.40. The number of nitrogens with two attached hydrogens (primary N) is 1. The van der Waals surface area contributed by atoms with Gasteiger partial charge >= 0.3 is 0 Å². The third-order valence-corrected chi connectivity index (χ3v) is 3.98. The summed E-state index contributed by atoms with van der Waals surface area (Å²) in [6.45, 7) is 3.61. The van der Waals surface area contributed by atoms with E-state index in [1.165, 1.54) is 0 Å². The van der Waals surface area contributed by atoms with E-state index >= 15 is 0 Å². The number of nitrogens with zero attached hydrogens (tertiary/aromatic N) is 1. The second-order valence-corrected chi connectivity index (χ2v) is 5.68. The van der Waals surface area contributed by atoms with Gasteiger partial charge in [0.15, 0.2) is 0 Å². The van der Waals surface area contributed by atoms with Crippen LogP contribution in [0.3, 0.4) is 0 Å². The van der Waals surface area contributed by atoms with Crippen LogP contribution in [0.2, 0.25) is 0 Å². The van der Waals surface area contributed by atoms with Crippen molar-refractivity contribution >= 4 is 21.6 Å². The second kappa shape index (κ2) is 5.73. The lowest BCUT2D eigenvalue weighted by Gasteiger charge is -2.14. The molecule has 0 spiro atoms. The minimum absolute atomic E-state index is 0.118. The highest BCUT2D eigenvalue weighted by Crippen LogP contribution is 2.29. The summed E-state index contributed by atoms with van der Waals surface area (Å²) in [5.74, 6) is 0. The van der Waals surface area contributed by atoms with E-state index in [4.69, 9.17) is 5.73 Å². The zero-order valence-corrected chi connectivity index (χ0v) is 12.8. The zero-order chi connectivity index (χ0) is 14.9. The highest BCUT2D eigenvalue weighted by Gasteiger charge is 2.18. The predicted molar refractivity (Wildman–Crippen MR) is 82.7 cm³/mol. The molecule has 0 fully saturated rings. The van der Waals surface area contributed by atoms with Gasteiger partial charge in [-0.25, -0.2) is 0 Å². The Morgan fingerprint density at radius 1 is 1.15 bits per heavy atom. The topological polar surface area (TPSA) is 69.2 Å². The molecule has 0 amide bonds. The van der Waals surface area contributed by atoms with Gasteiger partial charge in [-0.1, -0.05) is 34.1 Å². The highest BCUT2D eigenvalue weighted by molar-refractivity contribution is 9.10. The van der Waals surface area contributed by atoms with Gasteiger partial charge in [0.25, 0.3) is 5.69 Å². The van der Waals surface area contributed by atoms with Crippen molar-refractivity contribution < 1.29 is 4.92 Å². The van der Waals surface area contributed by atoms with Crippen LogP contribution in [0.5, 0.6) is 0 Å². The largest absolute Gasteiger partial charge is 0.320 e. The maximum absolute atomic E-state index is 11.1. The van der Waals surface area contributed by atoms with E-state index in [9.17, 15) is 10.1 Å². The van der Waals surface area contributed by atoms with Crippen LogP contribution in [0, 0.1) is 24.0 Å². The second-order valence-electron chi connectivity index (χ2n) is 4.77. The van der Waals surface area contributed by atoms with E-state index in [0.29, 0.717) is 5.56 Å². The molecule has 0 radical (unpaired) electrons. The summed E-state index contributed by atoms with van der Waals surface area (Å²) in [4.78, 5) is 10.7. The molecule has 20 heavy (non-hydrogen) atoms. The van der Waals surface area contributed by atoms with Gasteiger partial charge in [0, 0.05) is 16.1 Å². The van der Waals surface area contributed by atoms with Gasteiger partial charge in [-0.2, -0.15) is 0 Å². The number of nitro benzene ring substituents is 1. The van der Waals surface area contributed by atoms with Crippen molar-refractivity contribution in [2.45, 2.75) is 19.9 Å². The summed E-state index contributed by atoms with van der Waals surface area (Å²) in [5, 5.41) is 11.1. The van der Waals surface area contributed by atoms with E-state index in [0.717, 1.165) is 21.2 Å². The minimum atomic E-state index is -0.374. The number of aryl methyl sites for hydroxylation is 1. The Labute approximate surface area is 125 Å². The lowest BCUT2D eigenvalue weighted by molar-refractivity contribution is -0.385. The van der Waals surface area contributed by atoms with Crippen LogP contribution in [0.25, 0.3) is 0 Å². The van der Waals surface area contributed by atoms with E-state index in [2.05, 4.69) is 15.9 Å². The standard InChI is InChI=1S/C15H15BrN2O2/c1-9-7-12(8-14(10(9)2)18(19)20)15(17)11-3-5-13(16)6-4-11/h3-8,15H,17H2,1-2H3. The number of hydrogen-bond donors (Lipinski definition) is 1. The van der Waals surface area contributed by atoms with Crippen LogP contribution in [0.4, 0.5) is 5.69 Å². The first-order valence-corrected chi connectivity index (χ1v) is 6.96. The summed E-state index contributed by atoms with van der Waals surface area (Å²) in [6.07, 6.45) is 0. The quantitative estimate of drug-likeness (QED) is 0.680. The van der Waals surface area contributed by atoms with Gasteiger partial charge in [-0.3, -0.25) is 10.1 Å². The third-order valence-electron chi connectivity index (χ3n) is 3.45. The summed E-state index contributed by atoms with van der Waals surface area (Å²) >= 11 is 3.37. The van der Waals surface area contributed by atoms with Crippen LogP contribution in [0.15, 0.2) is 40.9 Å². The van der Waals surface area contributed by atoms with Crippen LogP contribution in [-0.2, 0) is 0 Å². The van der Waals surface area contributed by atoms with Crippen LogP contribution in [-0.4, -0.2) is 4.92 Å². The summed E-state index contributed by atoms with van der Waals surface area (Å²) in [5.41, 5.74) is 9.57. The van der Waals surface area contributed by atoms with Crippen molar-refractivity contribution in [1.29, 1.82) is 0 Å². The van der Waals surface area contributed by atoms with Crippen LogP contribution in [0.1, 0.15) is 28.3 Å². The Morgan fingerprint density at radius 3 is 2.30 bits per heavy atom. The van der Waals surface area contributed by atoms with Gasteiger partial charge in [0.2, 0.25) is 0 Å². The van der Waals surface area contributed by atoms with Gasteiger partial charge in [0.1, 0.15) is 0 Å². The Morgan fingerprint density at radius 2 is 1.75 bits per heavy atom. The minimum Gasteiger partial charge on any atom is -0.320 e. The molecule has 2 aromatic carbocycles. The fraction of sp³-hybridized carbons (Fsp3) is 0.200. The van der Waals surface area contributed by atoms with Crippen molar-refractivity contribution in [3.8, 4) is 0 Å². The summed E-state index contributed by atoms with van der Waals surface area (Å²) in [6, 6.07) is 10.7. The molecule has 0 aliphatic heterocycles. The maximum atomic E-state index is 11.1. The average molecular weight is 335 g/mol. The smallest absolute Gasteiger partial charge is 0.272 e. The molecule has 2 N–H and O–H groups in total. The first-order valence-electron chi connectivity index (χ1n) is 6.16. The normalized spacial score (nSPS) is 12.2. The molecular weight excluding hydrogens is 320 g/mol. The molecule has 0 aliphatic rings. The molecule has 1 atom stereocenters. The van der Waals surface area contributed by atoms with Crippen LogP contribution >= 0.6 is 15.9 Å². The van der Waals surface area contributed by atoms with Crippen LogP contribution < -0.4 is 5.73 Å². The lowest BCUT2D eigenvalue weighted by Crippen LogP contribution is -2.12. The Hall–Kier alpha value is -1.72. The molecule has 4 nitrogen and oxygen atoms in total. The third kappa shape index (κ3) is 2.89. The van der Waals surface area contributed by atoms with Crippen molar-refractivity contribution in [3.05, 3.63) is 73.2 Å². The number of rotatable bonds is 3. The molecule has 0 saturated heterocycles. The van der Waals surface area contributed by atoms with Crippen molar-refractivity contribution in [1.82, 2.24) is 0 Å². The van der Waals surface area contributed by atoms with E-state index in [-0.39, 0.29) is 16.7 Å². The Balaban J connectivity index is 2.47. The Kier molecular flexibility index (Phi) is 4.20. The predicted octanol–water partition coefficient (Wildman–Crippen LogP) is 4.02. The molecular formula is C15H15BrN2O2. The lowest BCUT2D eigenvalue weighted by atomic mass is 9.95. The monoisotopic (exact) mass is 334 g/mol. The zero-order valence-electron chi connectivity index (χ0n) is 11.3. The molecule has 1 unspecified atom stereocenters. The number of nitro groups is 1. The maximum Gasteiger partial charge on any atom is 0.272 e. The Bertz CT molecular complexity index is 654. The molecule has 2 aromatic rings. The average Bonchev–Trinajstić information content (AvgIpc) is 2.41. The van der Waals surface area contributed by atoms with Gasteiger partial charge < -0.3 is 5.73 Å². The number of halogens is 1. The first kappa shape index (κ1) is 14.7. The van der Waals surface area contributed by atoms with Crippen molar-refractivity contribution in [2.75, 3.05) is 0 Å². The number of benzene rings is 2. The number of hydrogen-bond acceptors (Lipinski definition) is 3. The van der Waals surface area contributed by atoms with E-state index in [1.54, 1.807) is 13.0 Å². The summed E-state index contributed by atoms with van der Waals surface area (Å²) in [7, 11) is 0. The van der Waals surface area contributed by atoms with Gasteiger partial charge in [-0.05, 0) is 42.7 Å². The highest BCUT2D eigenvalue weighted by atomic mass is 79.9. The van der Waals surface area contributed by atoms with E-state index < -0.39 is 0 Å². The van der Waals surface area contributed by atoms with Gasteiger partial charge in [-0.15, -0.1) is 0 Å². The fourth-order valence-corrected chi connectivity index (χ4v) is 2.36. The molecule has 0 aromatic heterocycles. The molecule has 104 valence electrons. The molecule has 0 bridgehead atoms. The molecule has 0 aliphatic carbocycles. The summed E-state index contributed by atoms with van der Waals surface area (Å²) < 4.78 is 0.972. The van der Waals surface area contributed by atoms with E-state index in [1.807, 2.05) is 37.3 Å². The fourth-order valence-electron chi connectivity index (χ4n) is 2.10.